The van der Waals surface area contributed by atoms with Gasteiger partial charge in [0.25, 0.3) is 0 Å². The Labute approximate surface area is 197 Å². The first-order valence-electron chi connectivity index (χ1n) is 10.3. The highest BCUT2D eigenvalue weighted by atomic mass is 35.5. The van der Waals surface area contributed by atoms with Crippen LogP contribution in [0.1, 0.15) is 62.9 Å². The van der Waals surface area contributed by atoms with Gasteiger partial charge in [0.05, 0.1) is 11.1 Å². The molecule has 1 aliphatic heterocycles. The van der Waals surface area contributed by atoms with Crippen molar-refractivity contribution in [3.63, 3.8) is 0 Å². The van der Waals surface area contributed by atoms with Crippen LogP contribution in [-0.2, 0) is 0 Å². The predicted octanol–water partition coefficient (Wildman–Crippen LogP) is 7.33. The lowest BCUT2D eigenvalue weighted by molar-refractivity contribution is 0.382. The fraction of sp³-hybridized carbons (Fsp3) is 0.348. The number of halogens is 3. The zero-order valence-corrected chi connectivity index (χ0v) is 19.8. The maximum Gasteiger partial charge on any atom is 0.243 e. The number of anilines is 1. The SMILES string of the molecule is CCCC(C)c1nnc(C2N=C(c3ccc(Cl)cc3Cl)N(c3ccc(Cl)cc3)C2C)o1. The predicted molar refractivity (Wildman–Crippen MR) is 127 cm³/mol. The Morgan fingerprint density at radius 2 is 1.74 bits per heavy atom. The van der Waals surface area contributed by atoms with Gasteiger partial charge >= 0.3 is 0 Å². The van der Waals surface area contributed by atoms with Crippen molar-refractivity contribution >= 4 is 46.3 Å². The van der Waals surface area contributed by atoms with Crippen LogP contribution in [0.4, 0.5) is 5.69 Å². The lowest BCUT2D eigenvalue weighted by Gasteiger charge is -2.27. The number of nitrogens with zero attached hydrogens (tertiary/aromatic N) is 4. The Bertz CT molecular complexity index is 1100. The van der Waals surface area contributed by atoms with Crippen LogP contribution in [0.25, 0.3) is 0 Å². The number of hydrogen-bond acceptors (Lipinski definition) is 5. The lowest BCUT2D eigenvalue weighted by Crippen LogP contribution is -2.36. The van der Waals surface area contributed by atoms with Gasteiger partial charge in [-0.2, -0.15) is 0 Å². The molecule has 0 spiro atoms. The number of aromatic nitrogens is 2. The second kappa shape index (κ2) is 9.19. The van der Waals surface area contributed by atoms with Crippen molar-refractivity contribution in [1.82, 2.24) is 10.2 Å². The zero-order valence-electron chi connectivity index (χ0n) is 17.5. The second-order valence-electron chi connectivity index (χ2n) is 7.78. The molecule has 31 heavy (non-hydrogen) atoms. The molecule has 162 valence electrons. The molecule has 1 aliphatic rings. The average molecular weight is 478 g/mol. The van der Waals surface area contributed by atoms with E-state index in [2.05, 4.69) is 35.9 Å². The summed E-state index contributed by atoms with van der Waals surface area (Å²) in [4.78, 5) is 7.11. The smallest absolute Gasteiger partial charge is 0.243 e. The first-order chi connectivity index (χ1) is 14.9. The molecule has 3 unspecified atom stereocenters. The van der Waals surface area contributed by atoms with Gasteiger partial charge in [-0.25, -0.2) is 0 Å². The minimum Gasteiger partial charge on any atom is -0.423 e. The largest absolute Gasteiger partial charge is 0.423 e. The fourth-order valence-corrected chi connectivity index (χ4v) is 4.47. The summed E-state index contributed by atoms with van der Waals surface area (Å²) in [5, 5.41) is 10.4. The van der Waals surface area contributed by atoms with E-state index in [0.717, 1.165) is 29.9 Å². The molecular formula is C23H23Cl3N4O. The number of amidine groups is 1. The van der Waals surface area contributed by atoms with E-state index in [0.29, 0.717) is 26.8 Å². The number of rotatable bonds is 6. The minimum atomic E-state index is -0.326. The van der Waals surface area contributed by atoms with Gasteiger partial charge in [0.15, 0.2) is 6.04 Å². The molecule has 1 aromatic heterocycles. The highest BCUT2D eigenvalue weighted by molar-refractivity contribution is 6.37. The number of hydrogen-bond donors (Lipinski definition) is 0. The molecule has 0 bridgehead atoms. The van der Waals surface area contributed by atoms with Gasteiger partial charge in [0.1, 0.15) is 5.84 Å². The molecule has 0 fully saturated rings. The molecule has 0 aliphatic carbocycles. The molecule has 2 heterocycles. The molecule has 0 saturated carbocycles. The van der Waals surface area contributed by atoms with Crippen LogP contribution in [0.15, 0.2) is 51.9 Å². The first kappa shape index (κ1) is 22.1. The van der Waals surface area contributed by atoms with Crippen LogP contribution in [0.2, 0.25) is 15.1 Å². The summed E-state index contributed by atoms with van der Waals surface area (Å²) in [7, 11) is 0. The van der Waals surface area contributed by atoms with Gasteiger partial charge in [-0.05, 0) is 55.8 Å². The Balaban J connectivity index is 1.77. The second-order valence-corrected chi connectivity index (χ2v) is 9.06. The molecular weight excluding hydrogens is 455 g/mol. The Morgan fingerprint density at radius 3 is 2.42 bits per heavy atom. The monoisotopic (exact) mass is 476 g/mol. The summed E-state index contributed by atoms with van der Waals surface area (Å²) in [6.45, 7) is 6.32. The van der Waals surface area contributed by atoms with Crippen molar-refractivity contribution < 1.29 is 4.42 Å². The van der Waals surface area contributed by atoms with Crippen molar-refractivity contribution in [3.8, 4) is 0 Å². The van der Waals surface area contributed by atoms with Crippen molar-refractivity contribution in [3.05, 3.63) is 74.9 Å². The maximum absolute atomic E-state index is 6.54. The van der Waals surface area contributed by atoms with E-state index in [-0.39, 0.29) is 18.0 Å². The van der Waals surface area contributed by atoms with Gasteiger partial charge in [-0.1, -0.05) is 55.1 Å². The normalized spacial score (nSPS) is 19.5. The topological polar surface area (TPSA) is 54.5 Å². The van der Waals surface area contributed by atoms with Crippen molar-refractivity contribution in [2.45, 2.75) is 51.6 Å². The summed E-state index contributed by atoms with van der Waals surface area (Å²) >= 11 is 18.8. The van der Waals surface area contributed by atoms with Gasteiger partial charge in [0, 0.05) is 27.2 Å². The summed E-state index contributed by atoms with van der Waals surface area (Å²) in [6.07, 6.45) is 2.05. The van der Waals surface area contributed by atoms with Gasteiger partial charge in [-0.15, -0.1) is 10.2 Å². The molecule has 3 atom stereocenters. The van der Waals surface area contributed by atoms with Crippen LogP contribution in [0.5, 0.6) is 0 Å². The Hall–Kier alpha value is -2.08. The highest BCUT2D eigenvalue weighted by Crippen LogP contribution is 2.38. The van der Waals surface area contributed by atoms with Gasteiger partial charge < -0.3 is 9.32 Å². The molecule has 3 aromatic rings. The summed E-state index contributed by atoms with van der Waals surface area (Å²) in [5.74, 6) is 2.09. The minimum absolute atomic E-state index is 0.0716. The third-order valence-corrected chi connectivity index (χ3v) is 6.28. The van der Waals surface area contributed by atoms with E-state index in [1.165, 1.54) is 0 Å². The van der Waals surface area contributed by atoms with E-state index >= 15 is 0 Å². The van der Waals surface area contributed by atoms with Gasteiger partial charge in [-0.3, -0.25) is 4.99 Å². The fourth-order valence-electron chi connectivity index (χ4n) is 3.85. The maximum atomic E-state index is 6.54. The van der Waals surface area contributed by atoms with Crippen molar-refractivity contribution in [1.29, 1.82) is 0 Å². The molecule has 4 rings (SSSR count). The van der Waals surface area contributed by atoms with E-state index in [4.69, 9.17) is 44.2 Å². The molecule has 5 nitrogen and oxygen atoms in total. The summed E-state index contributed by atoms with van der Waals surface area (Å²) < 4.78 is 6.06. The first-order valence-corrected chi connectivity index (χ1v) is 11.4. The van der Waals surface area contributed by atoms with E-state index in [1.54, 1.807) is 12.1 Å². The Kier molecular flexibility index (Phi) is 6.56. The third-order valence-electron chi connectivity index (χ3n) is 5.48. The molecule has 0 radical (unpaired) electrons. The van der Waals surface area contributed by atoms with Crippen LogP contribution in [0.3, 0.4) is 0 Å². The Morgan fingerprint density at radius 1 is 1.03 bits per heavy atom. The molecule has 0 amide bonds. The molecule has 0 N–H and O–H groups in total. The van der Waals surface area contributed by atoms with Crippen LogP contribution in [-0.4, -0.2) is 22.1 Å². The highest BCUT2D eigenvalue weighted by Gasteiger charge is 2.39. The summed E-state index contributed by atoms with van der Waals surface area (Å²) in [6, 6.07) is 12.6. The third kappa shape index (κ3) is 4.45. The lowest BCUT2D eigenvalue weighted by atomic mass is 10.1. The number of aliphatic imine (C=N–C) groups is 1. The quantitative estimate of drug-likeness (QED) is 0.373. The molecule has 2 aromatic carbocycles. The average Bonchev–Trinajstić information content (AvgIpc) is 3.34. The van der Waals surface area contributed by atoms with E-state index in [1.807, 2.05) is 30.3 Å². The van der Waals surface area contributed by atoms with Gasteiger partial charge in [0.2, 0.25) is 11.8 Å². The molecule has 8 heteroatoms. The van der Waals surface area contributed by atoms with E-state index < -0.39 is 0 Å². The zero-order chi connectivity index (χ0) is 22.1. The van der Waals surface area contributed by atoms with E-state index in [9.17, 15) is 0 Å². The van der Waals surface area contributed by atoms with Crippen molar-refractivity contribution in [2.24, 2.45) is 4.99 Å². The van der Waals surface area contributed by atoms with Crippen LogP contribution in [0, 0.1) is 0 Å². The standard InChI is InChI=1S/C23H23Cl3N4O/c1-4-5-13(2)22-28-29-23(31-22)20-14(3)30(17-9-6-15(24)7-10-17)21(27-20)18-11-8-16(25)12-19(18)26/h6-14,20H,4-5H2,1-3H3. The van der Waals surface area contributed by atoms with Crippen LogP contribution < -0.4 is 4.90 Å². The van der Waals surface area contributed by atoms with Crippen LogP contribution >= 0.6 is 34.8 Å². The number of benzene rings is 2. The molecule has 0 saturated heterocycles. The summed E-state index contributed by atoms with van der Waals surface area (Å²) in [5.41, 5.74) is 1.73. The van der Waals surface area contributed by atoms with Crippen molar-refractivity contribution in [2.75, 3.05) is 4.90 Å².